The van der Waals surface area contributed by atoms with Crippen molar-refractivity contribution in [2.45, 2.75) is 31.6 Å². The lowest BCUT2D eigenvalue weighted by molar-refractivity contribution is 0.0732. The molecule has 2 rings (SSSR count). The van der Waals surface area contributed by atoms with Gasteiger partial charge >= 0.3 is 5.97 Å². The summed E-state index contributed by atoms with van der Waals surface area (Å²) in [5, 5.41) is 0.617. The fraction of sp³-hybridized carbons (Fsp3) is 0.316. The second-order valence-corrected chi connectivity index (χ2v) is 9.05. The molecule has 0 aliphatic rings. The number of benzene rings is 2. The number of carbonyl (C=O) groups excluding carboxylic acids is 1. The van der Waals surface area contributed by atoms with Crippen LogP contribution in [0.2, 0.25) is 5.02 Å². The molecule has 2 aromatic carbocycles. The fourth-order valence-electron chi connectivity index (χ4n) is 2.34. The smallest absolute Gasteiger partial charge is 0.343 e. The Labute approximate surface area is 159 Å². The van der Waals surface area contributed by atoms with Gasteiger partial charge in [0.15, 0.2) is 0 Å². The summed E-state index contributed by atoms with van der Waals surface area (Å²) in [6, 6.07) is 9.20. The van der Waals surface area contributed by atoms with E-state index in [0.29, 0.717) is 10.8 Å². The van der Waals surface area contributed by atoms with Crippen molar-refractivity contribution in [3.8, 4) is 5.75 Å². The van der Waals surface area contributed by atoms with Crippen molar-refractivity contribution >= 4 is 27.6 Å². The van der Waals surface area contributed by atoms with Crippen LogP contribution in [0.15, 0.2) is 41.3 Å². The number of ether oxygens (including phenoxy) is 1. The van der Waals surface area contributed by atoms with Crippen LogP contribution in [0.3, 0.4) is 0 Å². The first-order valence-electron chi connectivity index (χ1n) is 8.09. The van der Waals surface area contributed by atoms with E-state index >= 15 is 0 Å². The van der Waals surface area contributed by atoms with Crippen LogP contribution in [0.5, 0.6) is 5.75 Å². The van der Waals surface area contributed by atoms with Crippen LogP contribution in [0, 0.1) is 6.92 Å². The van der Waals surface area contributed by atoms with Gasteiger partial charge in [-0.3, -0.25) is 0 Å². The minimum atomic E-state index is -3.54. The predicted molar refractivity (Wildman–Crippen MR) is 103 cm³/mol. The zero-order valence-corrected chi connectivity index (χ0v) is 17.0. The van der Waals surface area contributed by atoms with E-state index in [1.165, 1.54) is 38.4 Å². The van der Waals surface area contributed by atoms with Gasteiger partial charge in [0.1, 0.15) is 5.75 Å². The Balaban J connectivity index is 2.30. The average Bonchev–Trinajstić information content (AvgIpc) is 2.57. The normalized spacial score (nSPS) is 11.8. The quantitative estimate of drug-likeness (QED) is 0.561. The molecule has 0 fully saturated rings. The molecule has 0 saturated heterocycles. The van der Waals surface area contributed by atoms with Gasteiger partial charge in [-0.25, -0.2) is 17.5 Å². The van der Waals surface area contributed by atoms with Crippen molar-refractivity contribution < 1.29 is 17.9 Å². The highest BCUT2D eigenvalue weighted by Crippen LogP contribution is 2.32. The molecule has 5 nitrogen and oxygen atoms in total. The van der Waals surface area contributed by atoms with Crippen LogP contribution in [-0.2, 0) is 10.0 Å². The summed E-state index contributed by atoms with van der Waals surface area (Å²) < 4.78 is 30.8. The molecule has 0 aliphatic heterocycles. The maximum atomic E-state index is 12.5. The zero-order valence-electron chi connectivity index (χ0n) is 15.4. The Morgan fingerprint density at radius 3 is 2.19 bits per heavy atom. The highest BCUT2D eigenvalue weighted by atomic mass is 35.5. The van der Waals surface area contributed by atoms with Gasteiger partial charge in [-0.2, -0.15) is 0 Å². The molecule has 0 aromatic heterocycles. The summed E-state index contributed by atoms with van der Waals surface area (Å²) in [6.07, 6.45) is 0. The van der Waals surface area contributed by atoms with Crippen LogP contribution in [0.4, 0.5) is 0 Å². The monoisotopic (exact) mass is 395 g/mol. The molecule has 0 amide bonds. The Morgan fingerprint density at radius 1 is 1.12 bits per heavy atom. The minimum absolute atomic E-state index is 0.115. The SMILES string of the molecule is Cc1cc(OC(=O)c2ccc(S(=O)(=O)N(C)C)cc2)c(C(C)C)cc1Cl. The summed E-state index contributed by atoms with van der Waals surface area (Å²) in [5.41, 5.74) is 1.91. The number of rotatable bonds is 5. The molecule has 0 radical (unpaired) electrons. The van der Waals surface area contributed by atoms with Crippen molar-refractivity contribution in [3.05, 3.63) is 58.1 Å². The summed E-state index contributed by atoms with van der Waals surface area (Å²) in [4.78, 5) is 12.6. The Bertz CT molecular complexity index is 919. The number of hydrogen-bond acceptors (Lipinski definition) is 4. The number of esters is 1. The first-order valence-corrected chi connectivity index (χ1v) is 9.90. The van der Waals surface area contributed by atoms with Gasteiger partial charge in [-0.1, -0.05) is 25.4 Å². The maximum Gasteiger partial charge on any atom is 0.343 e. The maximum absolute atomic E-state index is 12.5. The van der Waals surface area contributed by atoms with Crippen molar-refractivity contribution in [3.63, 3.8) is 0 Å². The first-order chi connectivity index (χ1) is 12.0. The third kappa shape index (κ3) is 4.26. The minimum Gasteiger partial charge on any atom is -0.423 e. The van der Waals surface area contributed by atoms with Crippen LogP contribution in [-0.4, -0.2) is 32.8 Å². The lowest BCUT2D eigenvalue weighted by Gasteiger charge is -2.15. The molecule has 2 aromatic rings. The molecule has 0 heterocycles. The summed E-state index contributed by atoms with van der Waals surface area (Å²) in [7, 11) is -0.636. The van der Waals surface area contributed by atoms with E-state index in [2.05, 4.69) is 0 Å². The standard InChI is InChI=1S/C19H22ClNO4S/c1-12(2)16-11-17(20)13(3)10-18(16)25-19(22)14-6-8-15(9-7-14)26(23,24)21(4)5/h6-12H,1-5H3. The van der Waals surface area contributed by atoms with Gasteiger partial charge in [0.25, 0.3) is 0 Å². The predicted octanol–water partition coefficient (Wildman–Crippen LogP) is 4.24. The summed E-state index contributed by atoms with van der Waals surface area (Å²) in [5.74, 6) is 0.0304. The third-order valence-corrected chi connectivity index (χ3v) is 6.22. The Morgan fingerprint density at radius 2 is 1.69 bits per heavy atom. The topological polar surface area (TPSA) is 63.7 Å². The largest absolute Gasteiger partial charge is 0.423 e. The van der Waals surface area contributed by atoms with Gasteiger partial charge in [0, 0.05) is 19.1 Å². The molecule has 0 atom stereocenters. The molecule has 26 heavy (non-hydrogen) atoms. The molecule has 140 valence electrons. The number of aryl methyl sites for hydroxylation is 1. The molecule has 0 unspecified atom stereocenters. The lowest BCUT2D eigenvalue weighted by atomic mass is 10.0. The highest BCUT2D eigenvalue weighted by Gasteiger charge is 2.19. The summed E-state index contributed by atoms with van der Waals surface area (Å²) >= 11 is 6.17. The molecular weight excluding hydrogens is 374 g/mol. The van der Waals surface area contributed by atoms with E-state index in [1.54, 1.807) is 12.1 Å². The average molecular weight is 396 g/mol. The van der Waals surface area contributed by atoms with E-state index < -0.39 is 16.0 Å². The number of halogens is 1. The van der Waals surface area contributed by atoms with E-state index in [-0.39, 0.29) is 16.4 Å². The highest BCUT2D eigenvalue weighted by molar-refractivity contribution is 7.89. The van der Waals surface area contributed by atoms with Gasteiger partial charge < -0.3 is 4.74 Å². The Hall–Kier alpha value is -1.89. The van der Waals surface area contributed by atoms with Gasteiger partial charge in [-0.05, 0) is 60.4 Å². The van der Waals surface area contributed by atoms with Crippen LogP contribution < -0.4 is 4.74 Å². The number of hydrogen-bond donors (Lipinski definition) is 0. The van der Waals surface area contributed by atoms with E-state index in [1.807, 2.05) is 20.8 Å². The summed E-state index contributed by atoms with van der Waals surface area (Å²) in [6.45, 7) is 5.81. The van der Waals surface area contributed by atoms with Crippen LogP contribution in [0.1, 0.15) is 41.3 Å². The van der Waals surface area contributed by atoms with Crippen molar-refractivity contribution in [1.29, 1.82) is 0 Å². The van der Waals surface area contributed by atoms with Gasteiger partial charge in [0.2, 0.25) is 10.0 Å². The van der Waals surface area contributed by atoms with E-state index in [4.69, 9.17) is 16.3 Å². The second-order valence-electron chi connectivity index (χ2n) is 6.50. The third-order valence-electron chi connectivity index (χ3n) is 3.98. The fourth-order valence-corrected chi connectivity index (χ4v) is 3.42. The number of sulfonamides is 1. The van der Waals surface area contributed by atoms with Crippen LogP contribution >= 0.6 is 11.6 Å². The van der Waals surface area contributed by atoms with E-state index in [0.717, 1.165) is 15.4 Å². The molecule has 0 N–H and O–H groups in total. The molecule has 0 saturated carbocycles. The van der Waals surface area contributed by atoms with Crippen LogP contribution in [0.25, 0.3) is 0 Å². The van der Waals surface area contributed by atoms with Crippen molar-refractivity contribution in [2.24, 2.45) is 0 Å². The molecule has 0 spiro atoms. The molecule has 0 aliphatic carbocycles. The number of nitrogens with zero attached hydrogens (tertiary/aromatic N) is 1. The first kappa shape index (κ1) is 20.4. The Kier molecular flexibility index (Phi) is 6.11. The second kappa shape index (κ2) is 7.78. The van der Waals surface area contributed by atoms with Crippen molar-refractivity contribution in [1.82, 2.24) is 4.31 Å². The van der Waals surface area contributed by atoms with E-state index in [9.17, 15) is 13.2 Å². The van der Waals surface area contributed by atoms with Gasteiger partial charge in [-0.15, -0.1) is 0 Å². The lowest BCUT2D eigenvalue weighted by Crippen LogP contribution is -2.22. The molecule has 0 bridgehead atoms. The number of carbonyl (C=O) groups is 1. The molecular formula is C19H22ClNO4S. The zero-order chi connectivity index (χ0) is 19.6. The van der Waals surface area contributed by atoms with Crippen molar-refractivity contribution in [2.75, 3.05) is 14.1 Å². The molecule has 7 heteroatoms. The van der Waals surface area contributed by atoms with Gasteiger partial charge in [0.05, 0.1) is 10.5 Å².